The zero-order valence-electron chi connectivity index (χ0n) is 25.8. The maximum Gasteiger partial charge on any atom is 0.405 e. The Labute approximate surface area is 269 Å². The number of primary amides is 1. The molecule has 0 aromatic heterocycles. The molecular formula is C31H46N2O7Pa. The van der Waals surface area contributed by atoms with Gasteiger partial charge in [-0.1, -0.05) is 45.1 Å². The smallest absolute Gasteiger partial charge is 0.405 e. The molecule has 4 N–H and O–H groups in total. The third-order valence-electron chi connectivity index (χ3n) is 7.64. The van der Waals surface area contributed by atoms with Crippen LogP contribution in [0.25, 0.3) is 0 Å². The summed E-state index contributed by atoms with van der Waals surface area (Å²) >= 11 is 0. The van der Waals surface area contributed by atoms with E-state index in [9.17, 15) is 14.7 Å². The van der Waals surface area contributed by atoms with Gasteiger partial charge in [-0.15, -0.1) is 0 Å². The van der Waals surface area contributed by atoms with Gasteiger partial charge in [-0.3, -0.25) is 4.79 Å². The van der Waals surface area contributed by atoms with Crippen molar-refractivity contribution in [2.45, 2.75) is 72.4 Å². The van der Waals surface area contributed by atoms with E-state index in [1.54, 1.807) is 46.5 Å². The van der Waals surface area contributed by atoms with Crippen LogP contribution < -0.4 is 11.1 Å². The molecule has 41 heavy (non-hydrogen) atoms. The van der Waals surface area contributed by atoms with Crippen molar-refractivity contribution in [3.63, 3.8) is 0 Å². The van der Waals surface area contributed by atoms with Gasteiger partial charge in [0.05, 0.1) is 18.3 Å². The van der Waals surface area contributed by atoms with Gasteiger partial charge in [0, 0.05) is 82.8 Å². The molecule has 2 rings (SSSR count). The Morgan fingerprint density at radius 2 is 1.66 bits per heavy atom. The maximum atomic E-state index is 13.0. The monoisotopic (exact) mass is 789 g/mol. The van der Waals surface area contributed by atoms with E-state index in [4.69, 9.17) is 24.7 Å². The summed E-state index contributed by atoms with van der Waals surface area (Å²) in [6.07, 6.45) is 5.43. The number of hydrogen-bond donors (Lipinski definition) is 3. The third-order valence-corrected chi connectivity index (χ3v) is 7.64. The van der Waals surface area contributed by atoms with Crippen molar-refractivity contribution in [1.82, 2.24) is 0 Å². The van der Waals surface area contributed by atoms with Crippen molar-refractivity contribution in [1.29, 1.82) is 0 Å². The van der Waals surface area contributed by atoms with Crippen molar-refractivity contribution >= 4 is 17.7 Å². The Morgan fingerprint density at radius 3 is 2.22 bits per heavy atom. The Morgan fingerprint density at radius 1 is 1.00 bits per heavy atom. The number of phenols is 1. The Kier molecular flexibility index (Phi) is 15.5. The van der Waals surface area contributed by atoms with Gasteiger partial charge in [-0.05, 0) is 55.9 Å². The second kappa shape index (κ2) is 17.2. The minimum absolute atomic E-state index is 0. The van der Waals surface area contributed by atoms with E-state index < -0.39 is 12.2 Å². The number of benzene rings is 1. The molecule has 1 radical (unpaired) electrons. The summed E-state index contributed by atoms with van der Waals surface area (Å²) in [5, 5.41) is 13.5. The molecule has 1 aromatic rings. The van der Waals surface area contributed by atoms with E-state index in [1.165, 1.54) is 6.07 Å². The molecule has 0 spiro atoms. The van der Waals surface area contributed by atoms with E-state index in [1.807, 2.05) is 39.8 Å². The molecule has 225 valence electrons. The van der Waals surface area contributed by atoms with Gasteiger partial charge >= 0.3 is 6.09 Å². The molecule has 1 aliphatic rings. The molecule has 7 atom stereocenters. The van der Waals surface area contributed by atoms with Crippen LogP contribution in [0.2, 0.25) is 0 Å². The number of nitrogens with one attached hydrogen (secondary N) is 1. The second-order valence-corrected chi connectivity index (χ2v) is 10.7. The molecule has 9 nitrogen and oxygen atoms in total. The van der Waals surface area contributed by atoms with Crippen molar-refractivity contribution < 1.29 is 65.9 Å². The number of amides is 2. The number of nitrogens with two attached hydrogens (primary N) is 1. The number of rotatable bonds is 4. The number of fused-ring (bicyclic) bond motifs is 2. The van der Waals surface area contributed by atoms with Crippen LogP contribution in [0.4, 0.5) is 10.5 Å². The van der Waals surface area contributed by atoms with Crippen LogP contribution >= 0.6 is 0 Å². The molecule has 10 heteroatoms. The summed E-state index contributed by atoms with van der Waals surface area (Å²) < 4.78 is 23.3. The predicted octanol–water partition coefficient (Wildman–Crippen LogP) is 5.58. The quantitative estimate of drug-likeness (QED) is 0.340. The first kappa shape index (κ1) is 37.0. The molecule has 0 saturated heterocycles. The summed E-state index contributed by atoms with van der Waals surface area (Å²) in [5.41, 5.74) is 8.76. The number of carbonyl (C=O) groups excluding carboxylic acids is 2. The first-order valence-corrected chi connectivity index (χ1v) is 13.6. The first-order valence-electron chi connectivity index (χ1n) is 13.6. The minimum Gasteiger partial charge on any atom is -0.508 e. The third kappa shape index (κ3) is 10.0. The van der Waals surface area contributed by atoms with Crippen LogP contribution in [0.1, 0.15) is 58.3 Å². The zero-order chi connectivity index (χ0) is 30.1. The average molecular weight is 790 g/mol. The molecule has 0 saturated carbocycles. The predicted molar refractivity (Wildman–Crippen MR) is 156 cm³/mol. The van der Waals surface area contributed by atoms with Gasteiger partial charge in [0.2, 0.25) is 0 Å². The average Bonchev–Trinajstić information content (AvgIpc) is 2.88. The fourth-order valence-corrected chi connectivity index (χ4v) is 5.49. The molecule has 1 aromatic carbocycles. The van der Waals surface area contributed by atoms with Crippen LogP contribution in [0, 0.1) is 57.0 Å². The Balaban J connectivity index is 0.00000840. The topological polar surface area (TPSA) is 129 Å². The number of phenolic OH excluding ortho intramolecular Hbond substituents is 1. The number of allylic oxidation sites excluding steroid dienone is 2. The first-order chi connectivity index (χ1) is 18.8. The summed E-state index contributed by atoms with van der Waals surface area (Å²) in [6.45, 7) is 11.5. The molecule has 1 heterocycles. The fourth-order valence-electron chi connectivity index (χ4n) is 5.49. The number of methoxy groups -OCH3 is 3. The maximum absolute atomic E-state index is 13.0. The van der Waals surface area contributed by atoms with Crippen LogP contribution in [0.3, 0.4) is 0 Å². The van der Waals surface area contributed by atoms with Gasteiger partial charge < -0.3 is 35.1 Å². The van der Waals surface area contributed by atoms with Crippen molar-refractivity contribution in [2.24, 2.45) is 23.5 Å². The summed E-state index contributed by atoms with van der Waals surface area (Å²) in [4.78, 5) is 24.8. The van der Waals surface area contributed by atoms with Crippen LogP contribution in [0.15, 0.2) is 47.6 Å². The van der Waals surface area contributed by atoms with E-state index in [0.717, 1.165) is 16.7 Å². The van der Waals surface area contributed by atoms with E-state index in [-0.39, 0.29) is 80.0 Å². The molecule has 2 bridgehead atoms. The Bertz CT molecular complexity index is 1130. The molecule has 1 aliphatic heterocycles. The summed E-state index contributed by atoms with van der Waals surface area (Å²) in [7, 11) is 4.93. The number of carbonyl (C=O) groups is 2. The zero-order valence-corrected chi connectivity index (χ0v) is 30.6. The second-order valence-electron chi connectivity index (χ2n) is 10.7. The van der Waals surface area contributed by atoms with E-state index in [2.05, 4.69) is 12.2 Å². The number of ether oxygens (including phenoxy) is 4. The van der Waals surface area contributed by atoms with E-state index >= 15 is 0 Å². The van der Waals surface area contributed by atoms with Gasteiger partial charge in [-0.2, -0.15) is 0 Å². The SMILES string of the molecule is COC1CC(C)C(OC)c2cc(O)cc(c2C)NC(=O)/C(C)=C/C=C\C(C)C(OC(N)=O)/C(C)=C/C(C)C1OC.[Pa]. The molecule has 2 amide bonds. The van der Waals surface area contributed by atoms with Crippen LogP contribution in [-0.2, 0) is 23.7 Å². The van der Waals surface area contributed by atoms with Gasteiger partial charge in [-0.25, -0.2) is 4.79 Å². The van der Waals surface area contributed by atoms with E-state index in [0.29, 0.717) is 17.7 Å². The van der Waals surface area contributed by atoms with Gasteiger partial charge in [0.15, 0.2) is 0 Å². The molecule has 0 fully saturated rings. The normalized spacial score (nSPS) is 31.4. The fraction of sp³-hybridized carbons (Fsp3) is 0.548. The largest absolute Gasteiger partial charge is 0.508 e. The number of hydrogen-bond acceptors (Lipinski definition) is 7. The minimum atomic E-state index is -0.868. The molecule has 7 unspecified atom stereocenters. The van der Waals surface area contributed by atoms with Crippen molar-refractivity contribution in [3.8, 4) is 5.75 Å². The summed E-state index contributed by atoms with van der Waals surface area (Å²) in [5.74, 6) is -0.665. The standard InChI is InChI=1S/C31H46N2O7.Pa/c1-17-11-10-12-18(2)30(35)33-25-16-23(34)15-24(22(25)6)28(38-8)21(5)14-26(37-7)29(39-9)20(4)13-19(3)27(17)40-31(32)36;/h10-13,15-17,20-21,26-29,34H,14H2,1-9H3,(H2,32,36)(H,33,35);/b11-10-,18-12+,19-13+;. The van der Waals surface area contributed by atoms with Crippen LogP contribution in [-0.4, -0.2) is 56.7 Å². The van der Waals surface area contributed by atoms with Gasteiger partial charge in [0.25, 0.3) is 5.91 Å². The van der Waals surface area contributed by atoms with Crippen molar-refractivity contribution in [3.05, 3.63) is 58.7 Å². The number of anilines is 1. The van der Waals surface area contributed by atoms with Crippen molar-refractivity contribution in [2.75, 3.05) is 26.6 Å². The number of aromatic hydroxyl groups is 1. The van der Waals surface area contributed by atoms with Gasteiger partial charge in [0.1, 0.15) is 11.9 Å². The molecular weight excluding hydrogens is 743 g/mol. The van der Waals surface area contributed by atoms with Crippen LogP contribution in [0.5, 0.6) is 5.75 Å². The Hall–Kier alpha value is -2.05. The summed E-state index contributed by atoms with van der Waals surface area (Å²) in [6, 6.07) is 3.21. The molecule has 0 aliphatic carbocycles.